The Morgan fingerprint density at radius 3 is 1.82 bits per heavy atom. The first-order valence-electron chi connectivity index (χ1n) is 14.5. The molecule has 1 N–H and O–H groups in total. The number of phenolic OH excluding ortho intramolecular Hbond substituents is 1. The normalized spacial score (nSPS) is 11.0. The van der Waals surface area contributed by atoms with Gasteiger partial charge in [-0.15, -0.1) is 0 Å². The van der Waals surface area contributed by atoms with Crippen molar-refractivity contribution in [1.29, 1.82) is 0 Å². The number of hydrogen-bond acceptors (Lipinski definition) is 6. The average Bonchev–Trinajstić information content (AvgIpc) is 3.43. The number of benzene rings is 4. The Hall–Kier alpha value is -5.22. The van der Waals surface area contributed by atoms with Crippen molar-refractivity contribution in [2.75, 3.05) is 13.2 Å². The summed E-state index contributed by atoms with van der Waals surface area (Å²) in [6.07, 6.45) is 0. The van der Waals surface area contributed by atoms with Gasteiger partial charge >= 0.3 is 11.9 Å². The first-order chi connectivity index (χ1) is 21.9. The Balaban J connectivity index is 1.97. The molecule has 0 amide bonds. The van der Waals surface area contributed by atoms with Crippen LogP contribution < -0.4 is 26.0 Å². The molecule has 4 aromatic carbocycles. The molecule has 0 atom stereocenters. The molecule has 0 unspecified atom stereocenters. The predicted molar refractivity (Wildman–Crippen MR) is 180 cm³/mol. The number of furan rings is 1. The Labute approximate surface area is 262 Å². The molecule has 0 fully saturated rings. The lowest BCUT2D eigenvalue weighted by Crippen LogP contribution is -2.41. The molecule has 0 bridgehead atoms. The standard InChI is InChI=1S/C37H32NO6P/c1-4-42-36(41)32-34(30(24-38)33(40)29-23-25(3)21-22-31(29)39)44-37(43-5-2)35(32)45(26-15-9-6-10-16-26,27-17-11-7-12-18-27)28-19-13-8-14-20-28/h6-23,39H,4-5H2,1-3H3. The van der Waals surface area contributed by atoms with Crippen LogP contribution in [0.4, 0.5) is 0 Å². The van der Waals surface area contributed by atoms with E-state index in [4.69, 9.17) is 13.9 Å². The summed E-state index contributed by atoms with van der Waals surface area (Å²) in [5.74, 6) is -0.156. The van der Waals surface area contributed by atoms with Crippen molar-refractivity contribution in [3.8, 4) is 11.7 Å². The van der Waals surface area contributed by atoms with E-state index in [0.29, 0.717) is 10.9 Å². The van der Waals surface area contributed by atoms with E-state index < -0.39 is 24.6 Å². The minimum Gasteiger partial charge on any atom is -0.763 e. The summed E-state index contributed by atoms with van der Waals surface area (Å²) < 4.78 is 18.1. The molecule has 0 saturated heterocycles. The van der Waals surface area contributed by atoms with Crippen LogP contribution in [0.25, 0.3) is 11.0 Å². The summed E-state index contributed by atoms with van der Waals surface area (Å²) in [4.78, 5) is 28.1. The topological polar surface area (TPSA) is 108 Å². The summed E-state index contributed by atoms with van der Waals surface area (Å²) in [5.41, 5.74) is 0.0875. The van der Waals surface area contributed by atoms with Crippen molar-refractivity contribution < 1.29 is 28.6 Å². The molecule has 7 nitrogen and oxygen atoms in total. The number of aryl methyl sites for hydroxylation is 1. The van der Waals surface area contributed by atoms with Gasteiger partial charge in [-0.25, -0.2) is 4.79 Å². The number of aromatic hydroxyl groups is 1. The fourth-order valence-corrected chi connectivity index (χ4v) is 9.90. The number of carbonyl (C=O) groups is 2. The Kier molecular flexibility index (Phi) is 9.44. The highest BCUT2D eigenvalue weighted by Crippen LogP contribution is 2.58. The third-order valence-electron chi connectivity index (χ3n) is 7.34. The van der Waals surface area contributed by atoms with Crippen LogP contribution in [0.2, 0.25) is 0 Å². The van der Waals surface area contributed by atoms with Gasteiger partial charge < -0.3 is 24.4 Å². The van der Waals surface area contributed by atoms with Crippen LogP contribution in [0, 0.1) is 6.92 Å². The number of rotatable bonds is 11. The zero-order valence-corrected chi connectivity index (χ0v) is 26.1. The third kappa shape index (κ3) is 5.72. The number of nitrogens with zero attached hydrogens (tertiary/aromatic N) is 1. The van der Waals surface area contributed by atoms with Crippen molar-refractivity contribution in [1.82, 2.24) is 0 Å². The Morgan fingerprint density at radius 1 is 0.822 bits per heavy atom. The van der Waals surface area contributed by atoms with Crippen LogP contribution in [-0.4, -0.2) is 35.9 Å². The number of phenols is 1. The van der Waals surface area contributed by atoms with E-state index in [1.165, 1.54) is 12.1 Å². The molecule has 0 aliphatic rings. The van der Waals surface area contributed by atoms with Crippen molar-refractivity contribution in [2.45, 2.75) is 20.8 Å². The molecule has 1 aromatic heterocycles. The molecule has 1 heterocycles. The molecule has 8 heteroatoms. The summed E-state index contributed by atoms with van der Waals surface area (Å²) >= 11 is 0. The van der Waals surface area contributed by atoms with Gasteiger partial charge in [0.2, 0.25) is 11.1 Å². The second kappa shape index (κ2) is 13.6. The van der Waals surface area contributed by atoms with Gasteiger partial charge in [0.1, 0.15) is 21.7 Å². The van der Waals surface area contributed by atoms with Crippen molar-refractivity contribution in [3.63, 3.8) is 0 Å². The molecule has 0 spiro atoms. The van der Waals surface area contributed by atoms with E-state index in [9.17, 15) is 20.1 Å². The highest BCUT2D eigenvalue weighted by Gasteiger charge is 2.56. The Morgan fingerprint density at radius 2 is 1.36 bits per heavy atom. The van der Waals surface area contributed by atoms with E-state index >= 15 is 0 Å². The van der Waals surface area contributed by atoms with E-state index in [-0.39, 0.29) is 41.8 Å². The molecule has 0 saturated carbocycles. The molecule has 5 rings (SSSR count). The summed E-state index contributed by atoms with van der Waals surface area (Å²) in [6, 6.07) is 33.8. The number of carbonyl (C=O) groups excluding carboxylic acids is 2. The van der Waals surface area contributed by atoms with Gasteiger partial charge in [-0.2, -0.15) is 0 Å². The first kappa shape index (κ1) is 31.2. The van der Waals surface area contributed by atoms with Crippen LogP contribution in [-0.2, 0) is 4.74 Å². The highest BCUT2D eigenvalue weighted by atomic mass is 31.2. The van der Waals surface area contributed by atoms with Crippen LogP contribution in [0.5, 0.6) is 11.7 Å². The van der Waals surface area contributed by atoms with Gasteiger partial charge in [0, 0.05) is 0 Å². The number of Topliss-reactive ketones (excluding diaryl/α,β-unsaturated/α-hetero) is 1. The molecule has 45 heavy (non-hydrogen) atoms. The van der Waals surface area contributed by atoms with Gasteiger partial charge in [0.15, 0.2) is 18.6 Å². The summed E-state index contributed by atoms with van der Waals surface area (Å²) in [6.45, 7) is 5.45. The lowest BCUT2D eigenvalue weighted by Gasteiger charge is -2.27. The third-order valence-corrected chi connectivity index (χ3v) is 11.6. The highest BCUT2D eigenvalue weighted by molar-refractivity contribution is 8.01. The minimum atomic E-state index is -3.04. The van der Waals surface area contributed by atoms with Gasteiger partial charge in [0.05, 0.1) is 24.4 Å². The van der Waals surface area contributed by atoms with Gasteiger partial charge in [-0.3, -0.25) is 10.7 Å². The predicted octanol–water partition coefficient (Wildman–Crippen LogP) is 5.99. The molecule has 5 aromatic rings. The smallest absolute Gasteiger partial charge is 0.346 e. The number of hydrogen-bond donors (Lipinski definition) is 1. The van der Waals surface area contributed by atoms with Crippen molar-refractivity contribution in [3.05, 3.63) is 137 Å². The van der Waals surface area contributed by atoms with Crippen LogP contribution in [0.1, 0.15) is 45.9 Å². The van der Waals surface area contributed by atoms with Crippen LogP contribution >= 0.6 is 7.26 Å². The molecule has 0 aliphatic heterocycles. The molecular weight excluding hydrogens is 585 g/mol. The van der Waals surface area contributed by atoms with E-state index in [0.717, 1.165) is 15.9 Å². The lowest BCUT2D eigenvalue weighted by atomic mass is 9.98. The van der Waals surface area contributed by atoms with Gasteiger partial charge in [-0.05, 0) is 69.3 Å². The number of ketones is 1. The van der Waals surface area contributed by atoms with Crippen LogP contribution in [0.15, 0.2) is 114 Å². The molecule has 0 radical (unpaired) electrons. The average molecular weight is 618 g/mol. The van der Waals surface area contributed by atoms with Crippen molar-refractivity contribution in [2.24, 2.45) is 0 Å². The van der Waals surface area contributed by atoms with Gasteiger partial charge in [-0.1, -0.05) is 66.2 Å². The fraction of sp³-hybridized carbons (Fsp3) is 0.135. The van der Waals surface area contributed by atoms with Crippen LogP contribution in [0.3, 0.4) is 0 Å². The second-order valence-electron chi connectivity index (χ2n) is 10.1. The second-order valence-corrected chi connectivity index (χ2v) is 13.4. The number of ether oxygens (including phenoxy) is 2. The first-order valence-corrected chi connectivity index (χ1v) is 16.3. The summed E-state index contributed by atoms with van der Waals surface area (Å²) in [5, 5.41) is 24.1. The minimum absolute atomic E-state index is 0.00876. The summed E-state index contributed by atoms with van der Waals surface area (Å²) in [7, 11) is -3.04. The largest absolute Gasteiger partial charge is 0.763 e. The van der Waals surface area contributed by atoms with E-state index in [1.807, 2.05) is 96.9 Å². The Bertz CT molecular complexity index is 1780. The maximum atomic E-state index is 14.1. The van der Waals surface area contributed by atoms with E-state index in [1.54, 1.807) is 26.8 Å². The maximum Gasteiger partial charge on any atom is 0.346 e. The van der Waals surface area contributed by atoms with Crippen molar-refractivity contribution >= 4 is 51.7 Å². The SMILES string of the molecule is CCOC(=O)c1c(C(=C=[N-])C(=O)c2cc(C)ccc2O)oc(OCC)c1[P+](c1ccccc1)(c1ccccc1)c1ccccc1. The number of allylic oxidation sites excluding steroid dienone is 1. The monoisotopic (exact) mass is 617 g/mol. The maximum absolute atomic E-state index is 14.1. The van der Waals surface area contributed by atoms with Gasteiger partial charge in [0.25, 0.3) is 0 Å². The molecule has 226 valence electrons. The zero-order valence-electron chi connectivity index (χ0n) is 25.2. The fourth-order valence-electron chi connectivity index (χ4n) is 5.46. The van der Waals surface area contributed by atoms with E-state index in [2.05, 4.69) is 0 Å². The number of esters is 1. The lowest BCUT2D eigenvalue weighted by molar-refractivity contribution is 0.0526. The zero-order chi connectivity index (χ0) is 32.0. The molecular formula is C37H32NO6P. The quantitative estimate of drug-likeness (QED) is 0.0641. The molecule has 0 aliphatic carbocycles.